The highest BCUT2D eigenvalue weighted by atomic mass is 79.9. The molecule has 0 radical (unpaired) electrons. The van der Waals surface area contributed by atoms with Gasteiger partial charge in [-0.05, 0) is 74.0 Å². The first-order valence-electron chi connectivity index (χ1n) is 6.27. The molecule has 2 rings (SSSR count). The molecule has 0 aliphatic heterocycles. The maximum atomic E-state index is 5.98. The van der Waals surface area contributed by atoms with Crippen molar-refractivity contribution in [3.8, 4) is 11.6 Å². The van der Waals surface area contributed by atoms with Gasteiger partial charge in [-0.15, -0.1) is 0 Å². The van der Waals surface area contributed by atoms with E-state index in [0.29, 0.717) is 11.8 Å². The number of rotatable bonds is 3. The quantitative estimate of drug-likeness (QED) is 0.701. The molecule has 20 heavy (non-hydrogen) atoms. The van der Waals surface area contributed by atoms with E-state index in [1.54, 1.807) is 6.20 Å². The van der Waals surface area contributed by atoms with E-state index in [1.165, 1.54) is 0 Å². The number of benzene rings is 1. The van der Waals surface area contributed by atoms with Crippen molar-refractivity contribution in [2.24, 2.45) is 0 Å². The SMILES string of the molecule is Cc1cc(Oc2ncc(Br)cc2Br)c(C(C)C)cc1N. The fourth-order valence-corrected chi connectivity index (χ4v) is 2.91. The summed E-state index contributed by atoms with van der Waals surface area (Å²) in [4.78, 5) is 4.28. The maximum Gasteiger partial charge on any atom is 0.233 e. The van der Waals surface area contributed by atoms with Crippen LogP contribution in [0, 0.1) is 6.92 Å². The molecule has 2 aromatic rings. The average molecular weight is 400 g/mol. The van der Waals surface area contributed by atoms with Gasteiger partial charge in [-0.25, -0.2) is 4.98 Å². The third-order valence-corrected chi connectivity index (χ3v) is 4.00. The van der Waals surface area contributed by atoms with Gasteiger partial charge in [0.05, 0.1) is 4.47 Å². The fraction of sp³-hybridized carbons (Fsp3) is 0.267. The zero-order valence-electron chi connectivity index (χ0n) is 11.6. The van der Waals surface area contributed by atoms with Crippen LogP contribution in [0.3, 0.4) is 0 Å². The van der Waals surface area contributed by atoms with Gasteiger partial charge in [0.25, 0.3) is 0 Å². The summed E-state index contributed by atoms with van der Waals surface area (Å²) in [7, 11) is 0. The molecule has 0 bridgehead atoms. The first kappa shape index (κ1) is 15.3. The van der Waals surface area contributed by atoms with Crippen LogP contribution in [-0.4, -0.2) is 4.98 Å². The van der Waals surface area contributed by atoms with E-state index >= 15 is 0 Å². The van der Waals surface area contributed by atoms with Crippen molar-refractivity contribution in [3.05, 3.63) is 44.5 Å². The number of aromatic nitrogens is 1. The minimum atomic E-state index is 0.321. The second-order valence-corrected chi connectivity index (χ2v) is 6.71. The summed E-state index contributed by atoms with van der Waals surface area (Å²) in [6, 6.07) is 5.84. The normalized spacial score (nSPS) is 10.9. The third kappa shape index (κ3) is 3.33. The predicted octanol–water partition coefficient (Wildman–Crippen LogP) is 5.41. The summed E-state index contributed by atoms with van der Waals surface area (Å²) in [5, 5.41) is 0. The van der Waals surface area contributed by atoms with Gasteiger partial charge < -0.3 is 10.5 Å². The lowest BCUT2D eigenvalue weighted by molar-refractivity contribution is 0.451. The Morgan fingerprint density at radius 2 is 1.90 bits per heavy atom. The number of nitrogens with zero attached hydrogens (tertiary/aromatic N) is 1. The van der Waals surface area contributed by atoms with Crippen LogP contribution in [-0.2, 0) is 0 Å². The topological polar surface area (TPSA) is 48.1 Å². The number of hydrogen-bond acceptors (Lipinski definition) is 3. The molecule has 0 aliphatic carbocycles. The summed E-state index contributed by atoms with van der Waals surface area (Å²) < 4.78 is 7.66. The highest BCUT2D eigenvalue weighted by Gasteiger charge is 2.13. The van der Waals surface area contributed by atoms with Gasteiger partial charge in [0.15, 0.2) is 0 Å². The lowest BCUT2D eigenvalue weighted by Gasteiger charge is -2.16. The van der Waals surface area contributed by atoms with Gasteiger partial charge in [-0.3, -0.25) is 0 Å². The number of ether oxygens (including phenoxy) is 1. The number of pyridine rings is 1. The van der Waals surface area contributed by atoms with E-state index in [0.717, 1.165) is 31.5 Å². The highest BCUT2D eigenvalue weighted by molar-refractivity contribution is 9.11. The first-order valence-corrected chi connectivity index (χ1v) is 7.86. The molecule has 0 fully saturated rings. The number of aryl methyl sites for hydroxylation is 1. The van der Waals surface area contributed by atoms with Crippen LogP contribution < -0.4 is 10.5 Å². The van der Waals surface area contributed by atoms with Crippen LogP contribution in [0.2, 0.25) is 0 Å². The summed E-state index contributed by atoms with van der Waals surface area (Å²) in [5.74, 6) is 1.66. The molecule has 1 aromatic heterocycles. The molecular formula is C15H16Br2N2O. The summed E-state index contributed by atoms with van der Waals surface area (Å²) in [5.41, 5.74) is 8.84. The van der Waals surface area contributed by atoms with E-state index < -0.39 is 0 Å². The van der Waals surface area contributed by atoms with Crippen molar-refractivity contribution in [2.75, 3.05) is 5.73 Å². The summed E-state index contributed by atoms with van der Waals surface area (Å²) in [6.07, 6.45) is 1.71. The van der Waals surface area contributed by atoms with E-state index in [-0.39, 0.29) is 0 Å². The van der Waals surface area contributed by atoms with Crippen LogP contribution in [0.25, 0.3) is 0 Å². The van der Waals surface area contributed by atoms with Crippen LogP contribution in [0.4, 0.5) is 5.69 Å². The minimum absolute atomic E-state index is 0.321. The molecule has 5 heteroatoms. The molecule has 0 saturated carbocycles. The van der Waals surface area contributed by atoms with E-state index in [9.17, 15) is 0 Å². The Morgan fingerprint density at radius 1 is 1.20 bits per heavy atom. The molecule has 0 spiro atoms. The number of nitrogen functional groups attached to an aromatic ring is 1. The summed E-state index contributed by atoms with van der Waals surface area (Å²) in [6.45, 7) is 6.19. The Morgan fingerprint density at radius 3 is 2.50 bits per heavy atom. The standard InChI is InChI=1S/C15H16Br2N2O/c1-8(2)11-6-13(18)9(3)4-14(11)20-15-12(17)5-10(16)7-19-15/h4-8H,18H2,1-3H3. The van der Waals surface area contributed by atoms with Gasteiger partial charge in [0.2, 0.25) is 5.88 Å². The Balaban J connectivity index is 2.44. The molecule has 0 aliphatic rings. The molecule has 106 valence electrons. The Bertz CT molecular complexity index is 642. The lowest BCUT2D eigenvalue weighted by Crippen LogP contribution is -2.00. The number of nitrogens with two attached hydrogens (primary N) is 1. The van der Waals surface area contributed by atoms with Crippen LogP contribution in [0.1, 0.15) is 30.9 Å². The molecule has 0 saturated heterocycles. The molecule has 3 nitrogen and oxygen atoms in total. The van der Waals surface area contributed by atoms with Crippen molar-refractivity contribution < 1.29 is 4.74 Å². The number of halogens is 2. The molecule has 0 unspecified atom stereocenters. The van der Waals surface area contributed by atoms with Gasteiger partial charge >= 0.3 is 0 Å². The zero-order chi connectivity index (χ0) is 14.9. The zero-order valence-corrected chi connectivity index (χ0v) is 14.7. The maximum absolute atomic E-state index is 5.98. The van der Waals surface area contributed by atoms with Crippen molar-refractivity contribution >= 4 is 37.5 Å². The molecular weight excluding hydrogens is 384 g/mol. The number of hydrogen-bond donors (Lipinski definition) is 1. The van der Waals surface area contributed by atoms with Crippen molar-refractivity contribution in [1.29, 1.82) is 0 Å². The smallest absolute Gasteiger partial charge is 0.233 e. The fourth-order valence-electron chi connectivity index (χ4n) is 1.84. The monoisotopic (exact) mass is 398 g/mol. The van der Waals surface area contributed by atoms with Crippen LogP contribution >= 0.6 is 31.9 Å². The largest absolute Gasteiger partial charge is 0.438 e. The highest BCUT2D eigenvalue weighted by Crippen LogP contribution is 2.36. The minimum Gasteiger partial charge on any atom is -0.438 e. The summed E-state index contributed by atoms with van der Waals surface area (Å²) >= 11 is 6.83. The van der Waals surface area contributed by atoms with Crippen molar-refractivity contribution in [3.63, 3.8) is 0 Å². The Hall–Kier alpha value is -1.07. The van der Waals surface area contributed by atoms with Gasteiger partial charge in [0, 0.05) is 16.4 Å². The molecule has 1 heterocycles. The lowest BCUT2D eigenvalue weighted by atomic mass is 9.99. The third-order valence-electron chi connectivity index (χ3n) is 3.00. The first-order chi connectivity index (χ1) is 9.38. The molecule has 0 amide bonds. The molecule has 2 N–H and O–H groups in total. The van der Waals surface area contributed by atoms with Crippen molar-refractivity contribution in [1.82, 2.24) is 4.98 Å². The van der Waals surface area contributed by atoms with Gasteiger partial charge in [0.1, 0.15) is 5.75 Å². The molecule has 0 atom stereocenters. The van der Waals surface area contributed by atoms with E-state index in [2.05, 4.69) is 50.7 Å². The van der Waals surface area contributed by atoms with Crippen LogP contribution in [0.15, 0.2) is 33.3 Å². The second-order valence-electron chi connectivity index (χ2n) is 4.94. The Kier molecular flexibility index (Phi) is 4.70. The second kappa shape index (κ2) is 6.14. The van der Waals surface area contributed by atoms with E-state index in [4.69, 9.17) is 10.5 Å². The van der Waals surface area contributed by atoms with Crippen LogP contribution in [0.5, 0.6) is 11.6 Å². The predicted molar refractivity (Wildman–Crippen MR) is 89.4 cm³/mol. The average Bonchev–Trinajstić information content (AvgIpc) is 2.36. The Labute approximate surface area is 135 Å². The van der Waals surface area contributed by atoms with Gasteiger partial charge in [-0.1, -0.05) is 13.8 Å². The molecule has 1 aromatic carbocycles. The number of anilines is 1. The van der Waals surface area contributed by atoms with E-state index in [1.807, 2.05) is 25.1 Å². The van der Waals surface area contributed by atoms with Crippen molar-refractivity contribution in [2.45, 2.75) is 26.7 Å². The van der Waals surface area contributed by atoms with Gasteiger partial charge in [-0.2, -0.15) is 0 Å².